The van der Waals surface area contributed by atoms with Gasteiger partial charge in [-0.2, -0.15) is 0 Å². The van der Waals surface area contributed by atoms with Crippen LogP contribution in [0.2, 0.25) is 0 Å². The molecule has 3 rings (SSSR count). The van der Waals surface area contributed by atoms with Crippen LogP contribution in [0.3, 0.4) is 0 Å². The number of nitrogens with one attached hydrogen (secondary N) is 1. The van der Waals surface area contributed by atoms with Crippen LogP contribution in [0.1, 0.15) is 31.4 Å². The molecule has 1 atom stereocenters. The number of amides is 1. The first-order valence-electron chi connectivity index (χ1n) is 8.03. The molecule has 122 valence electrons. The van der Waals surface area contributed by atoms with Gasteiger partial charge in [-0.1, -0.05) is 25.1 Å². The molecule has 0 spiro atoms. The zero-order valence-corrected chi connectivity index (χ0v) is 13.6. The predicted molar refractivity (Wildman–Crippen MR) is 88.3 cm³/mol. The van der Waals surface area contributed by atoms with Crippen molar-refractivity contribution in [3.8, 4) is 0 Å². The van der Waals surface area contributed by atoms with Crippen LogP contribution in [0, 0.1) is 5.41 Å². The van der Waals surface area contributed by atoms with E-state index in [1.807, 2.05) is 18.3 Å². The second-order valence-electron chi connectivity index (χ2n) is 6.62. The van der Waals surface area contributed by atoms with E-state index in [4.69, 9.17) is 0 Å². The third kappa shape index (κ3) is 2.71. The third-order valence-electron chi connectivity index (χ3n) is 4.95. The Morgan fingerprint density at radius 1 is 1.35 bits per heavy atom. The minimum atomic E-state index is -0.826. The molecule has 2 heterocycles. The maximum Gasteiger partial charge on any atom is 0.311 e. The van der Waals surface area contributed by atoms with Gasteiger partial charge in [0.2, 0.25) is 5.91 Å². The van der Waals surface area contributed by atoms with Crippen molar-refractivity contribution in [1.82, 2.24) is 9.88 Å². The molecule has 5 nitrogen and oxygen atoms in total. The van der Waals surface area contributed by atoms with Crippen LogP contribution in [0.5, 0.6) is 0 Å². The van der Waals surface area contributed by atoms with E-state index in [2.05, 4.69) is 18.0 Å². The molecule has 0 radical (unpaired) electrons. The molecule has 1 aliphatic heterocycles. The lowest BCUT2D eigenvalue weighted by Gasteiger charge is -2.20. The fourth-order valence-corrected chi connectivity index (χ4v) is 3.34. The standard InChI is InChI=1S/C18H22N2O3/c1-3-12-5-4-6-14-13(10-19-16(12)14)9-15(21)20-8-7-18(2,11-20)17(22)23/h4-6,10,19H,3,7-9,11H2,1-2H3,(H,22,23). The minimum absolute atomic E-state index is 0.00206. The zero-order chi connectivity index (χ0) is 16.6. The molecule has 1 aromatic carbocycles. The van der Waals surface area contributed by atoms with Crippen molar-refractivity contribution in [3.05, 3.63) is 35.5 Å². The number of aromatic amines is 1. The number of para-hydroxylation sites is 1. The van der Waals surface area contributed by atoms with Crippen LogP contribution in [0.25, 0.3) is 10.9 Å². The monoisotopic (exact) mass is 314 g/mol. The lowest BCUT2D eigenvalue weighted by molar-refractivity contribution is -0.147. The quantitative estimate of drug-likeness (QED) is 0.911. The van der Waals surface area contributed by atoms with E-state index in [9.17, 15) is 14.7 Å². The highest BCUT2D eigenvalue weighted by molar-refractivity contribution is 5.91. The molecule has 2 aromatic rings. The number of hydrogen-bond donors (Lipinski definition) is 2. The Morgan fingerprint density at radius 3 is 2.78 bits per heavy atom. The number of carboxylic acid groups (broad SMARTS) is 1. The summed E-state index contributed by atoms with van der Waals surface area (Å²) in [7, 11) is 0. The number of hydrogen-bond acceptors (Lipinski definition) is 2. The SMILES string of the molecule is CCc1cccc2c(CC(=O)N3CCC(C)(C(=O)O)C3)c[nH]c12. The van der Waals surface area contributed by atoms with Crippen LogP contribution in [0.15, 0.2) is 24.4 Å². The van der Waals surface area contributed by atoms with Crippen molar-refractivity contribution in [1.29, 1.82) is 0 Å². The second-order valence-corrected chi connectivity index (χ2v) is 6.62. The maximum atomic E-state index is 12.5. The Morgan fingerprint density at radius 2 is 2.13 bits per heavy atom. The average molecular weight is 314 g/mol. The number of rotatable bonds is 4. The normalized spacial score (nSPS) is 21.0. The van der Waals surface area contributed by atoms with Gasteiger partial charge in [0.15, 0.2) is 0 Å². The molecule has 1 aliphatic rings. The lowest BCUT2D eigenvalue weighted by atomic mass is 9.90. The molecule has 1 aromatic heterocycles. The number of carboxylic acids is 1. The fourth-order valence-electron chi connectivity index (χ4n) is 3.34. The number of nitrogens with zero attached hydrogens (tertiary/aromatic N) is 1. The molecule has 1 saturated heterocycles. The van der Waals surface area contributed by atoms with Crippen LogP contribution in [-0.4, -0.2) is 40.0 Å². The molecule has 1 unspecified atom stereocenters. The number of H-pyrrole nitrogens is 1. The highest BCUT2D eigenvalue weighted by Gasteiger charge is 2.42. The van der Waals surface area contributed by atoms with E-state index in [0.717, 1.165) is 22.9 Å². The summed E-state index contributed by atoms with van der Waals surface area (Å²) in [5.41, 5.74) is 2.49. The van der Waals surface area contributed by atoms with Gasteiger partial charge in [-0.05, 0) is 30.9 Å². The summed E-state index contributed by atoms with van der Waals surface area (Å²) in [5, 5.41) is 10.4. The van der Waals surface area contributed by atoms with Crippen molar-refractivity contribution >= 4 is 22.8 Å². The van der Waals surface area contributed by atoms with E-state index in [0.29, 0.717) is 25.9 Å². The molecule has 23 heavy (non-hydrogen) atoms. The van der Waals surface area contributed by atoms with E-state index >= 15 is 0 Å². The fraction of sp³-hybridized carbons (Fsp3) is 0.444. The van der Waals surface area contributed by atoms with Gasteiger partial charge < -0.3 is 15.0 Å². The van der Waals surface area contributed by atoms with Crippen molar-refractivity contribution in [3.63, 3.8) is 0 Å². The topological polar surface area (TPSA) is 73.4 Å². The molecule has 1 amide bonds. The Kier molecular flexibility index (Phi) is 3.88. The average Bonchev–Trinajstić information content (AvgIpc) is 3.12. The maximum absolute atomic E-state index is 12.5. The van der Waals surface area contributed by atoms with Gasteiger partial charge in [-0.15, -0.1) is 0 Å². The molecule has 0 aliphatic carbocycles. The largest absolute Gasteiger partial charge is 0.481 e. The van der Waals surface area contributed by atoms with Gasteiger partial charge >= 0.3 is 5.97 Å². The van der Waals surface area contributed by atoms with Crippen molar-refractivity contribution in [2.75, 3.05) is 13.1 Å². The molecule has 5 heteroatoms. The van der Waals surface area contributed by atoms with Gasteiger partial charge in [-0.3, -0.25) is 9.59 Å². The first kappa shape index (κ1) is 15.6. The van der Waals surface area contributed by atoms with Gasteiger partial charge in [0.1, 0.15) is 0 Å². The first-order chi connectivity index (χ1) is 10.9. The number of carbonyl (C=O) groups excluding carboxylic acids is 1. The van der Waals surface area contributed by atoms with Crippen molar-refractivity contribution in [2.24, 2.45) is 5.41 Å². The second kappa shape index (κ2) is 5.72. The molecular weight excluding hydrogens is 292 g/mol. The van der Waals surface area contributed by atoms with Crippen LogP contribution in [-0.2, 0) is 22.4 Å². The van der Waals surface area contributed by atoms with E-state index in [-0.39, 0.29) is 5.91 Å². The summed E-state index contributed by atoms with van der Waals surface area (Å²) in [6, 6.07) is 6.13. The molecule has 1 fully saturated rings. The van der Waals surface area contributed by atoms with Crippen LogP contribution >= 0.6 is 0 Å². The number of aliphatic carboxylic acids is 1. The van der Waals surface area contributed by atoms with E-state index < -0.39 is 11.4 Å². The molecular formula is C18H22N2O3. The van der Waals surface area contributed by atoms with Gasteiger partial charge in [0, 0.05) is 30.2 Å². The predicted octanol–water partition coefficient (Wildman–Crippen LogP) is 2.60. The molecule has 0 bridgehead atoms. The summed E-state index contributed by atoms with van der Waals surface area (Å²) in [4.78, 5) is 28.8. The Labute approximate surface area is 135 Å². The van der Waals surface area contributed by atoms with E-state index in [1.165, 1.54) is 5.56 Å². The molecule has 2 N–H and O–H groups in total. The van der Waals surface area contributed by atoms with Gasteiger partial charge in [-0.25, -0.2) is 0 Å². The first-order valence-corrected chi connectivity index (χ1v) is 8.03. The zero-order valence-electron chi connectivity index (χ0n) is 13.6. The number of carbonyl (C=O) groups is 2. The van der Waals surface area contributed by atoms with Crippen LogP contribution in [0.4, 0.5) is 0 Å². The number of aryl methyl sites for hydroxylation is 1. The number of aromatic nitrogens is 1. The van der Waals surface area contributed by atoms with Gasteiger partial charge in [0.05, 0.1) is 11.8 Å². The Bertz CT molecular complexity index is 765. The Balaban J connectivity index is 1.78. The lowest BCUT2D eigenvalue weighted by Crippen LogP contribution is -2.35. The third-order valence-corrected chi connectivity index (χ3v) is 4.95. The smallest absolute Gasteiger partial charge is 0.311 e. The van der Waals surface area contributed by atoms with Gasteiger partial charge in [0.25, 0.3) is 0 Å². The summed E-state index contributed by atoms with van der Waals surface area (Å²) < 4.78 is 0. The van der Waals surface area contributed by atoms with E-state index in [1.54, 1.807) is 11.8 Å². The summed E-state index contributed by atoms with van der Waals surface area (Å²) in [6.07, 6.45) is 3.66. The number of likely N-dealkylation sites (tertiary alicyclic amines) is 1. The highest BCUT2D eigenvalue weighted by atomic mass is 16.4. The minimum Gasteiger partial charge on any atom is -0.481 e. The Hall–Kier alpha value is -2.30. The molecule has 0 saturated carbocycles. The summed E-state index contributed by atoms with van der Waals surface area (Å²) in [5.74, 6) is -0.828. The summed E-state index contributed by atoms with van der Waals surface area (Å²) >= 11 is 0. The number of fused-ring (bicyclic) bond motifs is 1. The summed E-state index contributed by atoms with van der Waals surface area (Å²) in [6.45, 7) is 4.63. The number of benzene rings is 1. The highest BCUT2D eigenvalue weighted by Crippen LogP contribution is 2.31. The van der Waals surface area contributed by atoms with Crippen LogP contribution < -0.4 is 0 Å². The van der Waals surface area contributed by atoms with Crippen molar-refractivity contribution < 1.29 is 14.7 Å². The van der Waals surface area contributed by atoms with Crippen molar-refractivity contribution in [2.45, 2.75) is 33.1 Å².